The number of nitrogens with zero attached hydrogens (tertiary/aromatic N) is 2. The number of ether oxygens (including phenoxy) is 1. The zero-order valence-corrected chi connectivity index (χ0v) is 10.6. The van der Waals surface area contributed by atoms with E-state index in [0.29, 0.717) is 19.6 Å². The van der Waals surface area contributed by atoms with Gasteiger partial charge in [-0.15, -0.1) is 0 Å². The number of rotatable bonds is 5. The molecule has 1 aliphatic heterocycles. The molecule has 2 atom stereocenters. The zero-order valence-electron chi connectivity index (χ0n) is 10.6. The summed E-state index contributed by atoms with van der Waals surface area (Å²) in [5.74, 6) is -0.701. The van der Waals surface area contributed by atoms with Crippen LogP contribution >= 0.6 is 0 Å². The highest BCUT2D eigenvalue weighted by Crippen LogP contribution is 2.06. The van der Waals surface area contributed by atoms with Crippen LogP contribution in [-0.4, -0.2) is 50.2 Å². The predicted octanol–water partition coefficient (Wildman–Crippen LogP) is 0.373. The molecule has 0 aromatic heterocycles. The molecule has 1 saturated heterocycles. The second kappa shape index (κ2) is 7.25. The maximum atomic E-state index is 11.7. The van der Waals surface area contributed by atoms with E-state index in [4.69, 9.17) is 10.00 Å². The third kappa shape index (κ3) is 4.72. The van der Waals surface area contributed by atoms with Crippen molar-refractivity contribution in [2.24, 2.45) is 5.92 Å². The molecule has 5 nitrogen and oxygen atoms in total. The van der Waals surface area contributed by atoms with E-state index in [0.717, 1.165) is 19.5 Å². The van der Waals surface area contributed by atoms with Crippen molar-refractivity contribution >= 4 is 5.91 Å². The second-order valence-corrected chi connectivity index (χ2v) is 4.47. The standard InChI is InChI=1S/C12H21N3O2/c1-3-4-10(7-13)12(16)14-8-11-9-15(2)5-6-17-11/h10-11H,3-6,8-9H2,1-2H3,(H,14,16). The van der Waals surface area contributed by atoms with E-state index in [2.05, 4.69) is 10.2 Å². The monoisotopic (exact) mass is 239 g/mol. The molecule has 2 unspecified atom stereocenters. The minimum atomic E-state index is -0.527. The molecule has 1 amide bonds. The lowest BCUT2D eigenvalue weighted by molar-refractivity contribution is -0.124. The largest absolute Gasteiger partial charge is 0.374 e. The van der Waals surface area contributed by atoms with Gasteiger partial charge in [0.15, 0.2) is 0 Å². The van der Waals surface area contributed by atoms with Crippen LogP contribution in [0.25, 0.3) is 0 Å². The van der Waals surface area contributed by atoms with E-state index in [1.54, 1.807) is 0 Å². The van der Waals surface area contributed by atoms with Crippen molar-refractivity contribution in [2.45, 2.75) is 25.9 Å². The molecule has 17 heavy (non-hydrogen) atoms. The van der Waals surface area contributed by atoms with Gasteiger partial charge in [-0.1, -0.05) is 13.3 Å². The molecule has 1 rings (SSSR count). The van der Waals surface area contributed by atoms with Crippen molar-refractivity contribution in [3.8, 4) is 6.07 Å². The Hall–Kier alpha value is -1.12. The summed E-state index contributed by atoms with van der Waals surface area (Å²) in [5, 5.41) is 11.7. The van der Waals surface area contributed by atoms with Gasteiger partial charge in [0.1, 0.15) is 5.92 Å². The van der Waals surface area contributed by atoms with Gasteiger partial charge >= 0.3 is 0 Å². The molecule has 0 spiro atoms. The van der Waals surface area contributed by atoms with E-state index in [9.17, 15) is 4.79 Å². The molecule has 0 bridgehead atoms. The SMILES string of the molecule is CCCC(C#N)C(=O)NCC1CN(C)CCO1. The van der Waals surface area contributed by atoms with Crippen LogP contribution in [0.3, 0.4) is 0 Å². The molecule has 0 radical (unpaired) electrons. The van der Waals surface area contributed by atoms with Gasteiger partial charge in [0.2, 0.25) is 5.91 Å². The fourth-order valence-corrected chi connectivity index (χ4v) is 1.87. The Kier molecular flexibility index (Phi) is 5.95. The van der Waals surface area contributed by atoms with Crippen LogP contribution in [0.5, 0.6) is 0 Å². The average molecular weight is 239 g/mol. The van der Waals surface area contributed by atoms with Crippen LogP contribution in [-0.2, 0) is 9.53 Å². The van der Waals surface area contributed by atoms with Crippen LogP contribution in [0.4, 0.5) is 0 Å². The summed E-state index contributed by atoms with van der Waals surface area (Å²) < 4.78 is 5.53. The predicted molar refractivity (Wildman–Crippen MR) is 64.3 cm³/mol. The molecule has 1 fully saturated rings. The summed E-state index contributed by atoms with van der Waals surface area (Å²) in [7, 11) is 2.03. The van der Waals surface area contributed by atoms with Crippen LogP contribution in [0, 0.1) is 17.2 Å². The fraction of sp³-hybridized carbons (Fsp3) is 0.833. The van der Waals surface area contributed by atoms with Crippen molar-refractivity contribution in [3.63, 3.8) is 0 Å². The lowest BCUT2D eigenvalue weighted by Gasteiger charge is -2.30. The van der Waals surface area contributed by atoms with E-state index >= 15 is 0 Å². The first-order chi connectivity index (χ1) is 8.17. The molecule has 1 aliphatic rings. The Labute approximate surface area is 103 Å². The summed E-state index contributed by atoms with van der Waals surface area (Å²) in [6.07, 6.45) is 1.50. The normalized spacial score (nSPS) is 22.8. The Morgan fingerprint density at radius 3 is 3.06 bits per heavy atom. The third-order valence-corrected chi connectivity index (χ3v) is 2.90. The first-order valence-corrected chi connectivity index (χ1v) is 6.14. The molecule has 1 heterocycles. The quantitative estimate of drug-likeness (QED) is 0.753. The second-order valence-electron chi connectivity index (χ2n) is 4.47. The number of carbonyl (C=O) groups excluding carboxylic acids is 1. The van der Waals surface area contributed by atoms with Crippen LogP contribution in [0.15, 0.2) is 0 Å². The maximum absolute atomic E-state index is 11.7. The van der Waals surface area contributed by atoms with E-state index in [-0.39, 0.29) is 12.0 Å². The van der Waals surface area contributed by atoms with Crippen molar-refractivity contribution in [1.82, 2.24) is 10.2 Å². The highest BCUT2D eigenvalue weighted by atomic mass is 16.5. The molecular formula is C12H21N3O2. The summed E-state index contributed by atoms with van der Waals surface area (Å²) >= 11 is 0. The highest BCUT2D eigenvalue weighted by molar-refractivity contribution is 5.80. The number of nitriles is 1. The number of carbonyl (C=O) groups is 1. The lowest BCUT2D eigenvalue weighted by Crippen LogP contribution is -2.46. The molecule has 0 aliphatic carbocycles. The molecule has 5 heteroatoms. The lowest BCUT2D eigenvalue weighted by atomic mass is 10.0. The Bertz CT molecular complexity index is 288. The van der Waals surface area contributed by atoms with Gasteiger partial charge < -0.3 is 15.0 Å². The smallest absolute Gasteiger partial charge is 0.237 e. The Balaban J connectivity index is 2.29. The van der Waals surface area contributed by atoms with E-state index in [1.165, 1.54) is 0 Å². The molecule has 0 saturated carbocycles. The molecule has 0 aromatic rings. The first-order valence-electron chi connectivity index (χ1n) is 6.14. The van der Waals surface area contributed by atoms with Crippen molar-refractivity contribution in [1.29, 1.82) is 5.26 Å². The third-order valence-electron chi connectivity index (χ3n) is 2.90. The number of amides is 1. The topological polar surface area (TPSA) is 65.4 Å². The zero-order chi connectivity index (χ0) is 12.7. The number of likely N-dealkylation sites (N-methyl/N-ethyl adjacent to an activating group) is 1. The Morgan fingerprint density at radius 1 is 1.71 bits per heavy atom. The molecule has 96 valence electrons. The van der Waals surface area contributed by atoms with Gasteiger partial charge in [-0.2, -0.15) is 5.26 Å². The van der Waals surface area contributed by atoms with E-state index < -0.39 is 5.92 Å². The van der Waals surface area contributed by atoms with Crippen LogP contribution in [0.1, 0.15) is 19.8 Å². The number of morpholine rings is 1. The summed E-state index contributed by atoms with van der Waals surface area (Å²) in [6.45, 7) is 4.92. The van der Waals surface area contributed by atoms with Crippen LogP contribution < -0.4 is 5.32 Å². The van der Waals surface area contributed by atoms with E-state index in [1.807, 2.05) is 20.0 Å². The van der Waals surface area contributed by atoms with Gasteiger partial charge in [-0.25, -0.2) is 0 Å². The number of hydrogen-bond donors (Lipinski definition) is 1. The van der Waals surface area contributed by atoms with Gasteiger partial charge in [-0.05, 0) is 13.5 Å². The number of hydrogen-bond acceptors (Lipinski definition) is 4. The number of nitrogens with one attached hydrogen (secondary N) is 1. The van der Waals surface area contributed by atoms with Gasteiger partial charge in [0.25, 0.3) is 0 Å². The molecule has 0 aromatic carbocycles. The highest BCUT2D eigenvalue weighted by Gasteiger charge is 2.21. The minimum absolute atomic E-state index is 0.0404. The van der Waals surface area contributed by atoms with Crippen molar-refractivity contribution < 1.29 is 9.53 Å². The first kappa shape index (κ1) is 13.9. The molecule has 1 N–H and O–H groups in total. The maximum Gasteiger partial charge on any atom is 0.237 e. The van der Waals surface area contributed by atoms with Crippen molar-refractivity contribution in [2.75, 3.05) is 33.3 Å². The average Bonchev–Trinajstić information content (AvgIpc) is 2.33. The van der Waals surface area contributed by atoms with Gasteiger partial charge in [0.05, 0.1) is 18.8 Å². The Morgan fingerprint density at radius 2 is 2.47 bits per heavy atom. The van der Waals surface area contributed by atoms with Crippen molar-refractivity contribution in [3.05, 3.63) is 0 Å². The summed E-state index contributed by atoms with van der Waals surface area (Å²) in [6, 6.07) is 2.04. The fourth-order valence-electron chi connectivity index (χ4n) is 1.87. The van der Waals surface area contributed by atoms with Gasteiger partial charge in [-0.3, -0.25) is 4.79 Å². The summed E-state index contributed by atoms with van der Waals surface area (Å²) in [5.41, 5.74) is 0. The van der Waals surface area contributed by atoms with Gasteiger partial charge in [0, 0.05) is 19.6 Å². The summed E-state index contributed by atoms with van der Waals surface area (Å²) in [4.78, 5) is 13.9. The minimum Gasteiger partial charge on any atom is -0.374 e. The molecular weight excluding hydrogens is 218 g/mol. The van der Waals surface area contributed by atoms with Crippen LogP contribution in [0.2, 0.25) is 0 Å².